The number of pyridine rings is 1. The van der Waals surface area contributed by atoms with E-state index in [-0.39, 0.29) is 0 Å². The van der Waals surface area contributed by atoms with Crippen molar-refractivity contribution in [2.75, 3.05) is 0 Å². The molecule has 0 fully saturated rings. The van der Waals surface area contributed by atoms with Crippen LogP contribution in [0.3, 0.4) is 0 Å². The van der Waals surface area contributed by atoms with Crippen molar-refractivity contribution < 1.29 is 4.79 Å². The Kier molecular flexibility index (Phi) is 2.87. The van der Waals surface area contributed by atoms with Gasteiger partial charge in [-0.25, -0.2) is 0 Å². The fraction of sp³-hybridized carbons (Fsp3) is 0.143. The highest BCUT2D eigenvalue weighted by Gasteiger charge is 2.25. The fourth-order valence-corrected chi connectivity index (χ4v) is 2.83. The summed E-state index contributed by atoms with van der Waals surface area (Å²) in [5, 5.41) is 0.405. The number of primary amides is 1. The maximum absolute atomic E-state index is 11.6. The summed E-state index contributed by atoms with van der Waals surface area (Å²) in [6.45, 7) is 0.781. The van der Waals surface area contributed by atoms with E-state index in [0.717, 1.165) is 29.9 Å². The average Bonchev–Trinajstić information content (AvgIpc) is 2.71. The van der Waals surface area contributed by atoms with E-state index in [1.165, 1.54) is 0 Å². The first-order valence-electron chi connectivity index (χ1n) is 5.99. The van der Waals surface area contributed by atoms with Gasteiger partial charge in [0.05, 0.1) is 22.0 Å². The maximum Gasteiger partial charge on any atom is 0.252 e. The van der Waals surface area contributed by atoms with Gasteiger partial charge in [0.15, 0.2) is 0 Å². The normalized spacial score (nSPS) is 13.3. The van der Waals surface area contributed by atoms with Crippen molar-refractivity contribution in [1.29, 1.82) is 0 Å². The van der Waals surface area contributed by atoms with Gasteiger partial charge in [-0.15, -0.1) is 0 Å². The van der Waals surface area contributed by atoms with Gasteiger partial charge >= 0.3 is 0 Å². The monoisotopic (exact) mass is 273 g/mol. The Balaban J connectivity index is 2.32. The zero-order chi connectivity index (χ0) is 13.4. The Morgan fingerprint density at radius 1 is 1.47 bits per heavy atom. The second-order valence-corrected chi connectivity index (χ2v) is 4.75. The van der Waals surface area contributed by atoms with Crippen LogP contribution in [0, 0.1) is 0 Å². The van der Waals surface area contributed by atoms with Gasteiger partial charge in [-0.1, -0.05) is 17.7 Å². The second-order valence-electron chi connectivity index (χ2n) is 4.37. The molecule has 5 heteroatoms. The molecule has 0 saturated carbocycles. The highest BCUT2D eigenvalue weighted by molar-refractivity contribution is 6.37. The van der Waals surface area contributed by atoms with Crippen molar-refractivity contribution in [3.05, 3.63) is 46.9 Å². The molecular formula is C14H12ClN3O. The van der Waals surface area contributed by atoms with E-state index in [1.54, 1.807) is 12.4 Å². The largest absolute Gasteiger partial charge is 0.365 e. The first kappa shape index (κ1) is 12.0. The summed E-state index contributed by atoms with van der Waals surface area (Å²) in [6.07, 6.45) is 8.26. The van der Waals surface area contributed by atoms with Gasteiger partial charge in [-0.05, 0) is 24.6 Å². The third kappa shape index (κ3) is 1.85. The number of carbonyl (C=O) groups excluding carboxylic acids is 1. The number of amides is 1. The van der Waals surface area contributed by atoms with Crippen LogP contribution in [0.2, 0.25) is 5.02 Å². The van der Waals surface area contributed by atoms with Gasteiger partial charge in [0.2, 0.25) is 0 Å². The van der Waals surface area contributed by atoms with Crippen LogP contribution in [-0.2, 0) is 6.54 Å². The van der Waals surface area contributed by atoms with Crippen LogP contribution in [0.5, 0.6) is 0 Å². The van der Waals surface area contributed by atoms with Crippen molar-refractivity contribution in [2.24, 2.45) is 5.73 Å². The maximum atomic E-state index is 11.6. The van der Waals surface area contributed by atoms with E-state index in [9.17, 15) is 4.79 Å². The molecule has 2 aromatic rings. The molecule has 1 aliphatic rings. The molecule has 3 rings (SSSR count). The standard InChI is InChI=1S/C14H12ClN3O/c15-12-11(14(16)19)10-5-1-2-7-18(10)13(12)9-4-3-6-17-8-9/h1,3-6,8H,2,7H2,(H2,16,19). The van der Waals surface area contributed by atoms with E-state index < -0.39 is 5.91 Å². The lowest BCUT2D eigenvalue weighted by Crippen LogP contribution is -2.14. The number of aromatic nitrogens is 2. The molecule has 96 valence electrons. The minimum Gasteiger partial charge on any atom is -0.365 e. The van der Waals surface area contributed by atoms with Gasteiger partial charge in [-0.3, -0.25) is 9.78 Å². The van der Waals surface area contributed by atoms with E-state index >= 15 is 0 Å². The molecule has 2 N–H and O–H groups in total. The number of nitrogens with two attached hydrogens (primary N) is 1. The fourth-order valence-electron chi connectivity index (χ4n) is 2.43. The highest BCUT2D eigenvalue weighted by Crippen LogP contribution is 2.37. The number of nitrogens with zero attached hydrogens (tertiary/aromatic N) is 2. The molecule has 0 aliphatic carbocycles. The minimum atomic E-state index is -0.504. The molecule has 19 heavy (non-hydrogen) atoms. The van der Waals surface area contributed by atoms with Gasteiger partial charge in [0.25, 0.3) is 5.91 Å². The number of fused-ring (bicyclic) bond motifs is 1. The highest BCUT2D eigenvalue weighted by atomic mass is 35.5. The molecule has 3 heterocycles. The SMILES string of the molecule is NC(=O)c1c(Cl)c(-c2cccnc2)n2c1C=CCC2. The molecule has 1 amide bonds. The van der Waals surface area contributed by atoms with Crippen molar-refractivity contribution in [2.45, 2.75) is 13.0 Å². The molecule has 0 saturated heterocycles. The summed E-state index contributed by atoms with van der Waals surface area (Å²) in [6, 6.07) is 3.76. The predicted octanol–water partition coefficient (Wildman–Crippen LogP) is 2.72. The van der Waals surface area contributed by atoms with Crippen molar-refractivity contribution in [1.82, 2.24) is 9.55 Å². The number of hydrogen-bond acceptors (Lipinski definition) is 2. The van der Waals surface area contributed by atoms with E-state index in [2.05, 4.69) is 4.98 Å². The minimum absolute atomic E-state index is 0.386. The Morgan fingerprint density at radius 2 is 2.32 bits per heavy atom. The number of rotatable bonds is 2. The molecule has 0 atom stereocenters. The van der Waals surface area contributed by atoms with E-state index in [1.807, 2.05) is 28.9 Å². The predicted molar refractivity (Wildman–Crippen MR) is 74.8 cm³/mol. The van der Waals surface area contributed by atoms with Gasteiger partial charge in [0.1, 0.15) is 0 Å². The molecular weight excluding hydrogens is 262 g/mol. The van der Waals surface area contributed by atoms with Crippen LogP contribution in [-0.4, -0.2) is 15.5 Å². The van der Waals surface area contributed by atoms with Crippen LogP contribution in [0.1, 0.15) is 22.5 Å². The summed E-state index contributed by atoms with van der Waals surface area (Å²) < 4.78 is 2.03. The van der Waals surface area contributed by atoms with Crippen molar-refractivity contribution in [3.8, 4) is 11.3 Å². The van der Waals surface area contributed by atoms with Gasteiger partial charge in [-0.2, -0.15) is 0 Å². The third-order valence-corrected chi connectivity index (χ3v) is 3.59. The summed E-state index contributed by atoms with van der Waals surface area (Å²) >= 11 is 6.37. The van der Waals surface area contributed by atoms with Crippen LogP contribution < -0.4 is 5.73 Å². The quantitative estimate of drug-likeness (QED) is 0.914. The summed E-state index contributed by atoms with van der Waals surface area (Å²) in [4.78, 5) is 15.7. The number of carbonyl (C=O) groups is 1. The molecule has 1 aliphatic heterocycles. The first-order chi connectivity index (χ1) is 9.20. The molecule has 0 aromatic carbocycles. The van der Waals surface area contributed by atoms with Crippen LogP contribution in [0.15, 0.2) is 30.6 Å². The Labute approximate surface area is 115 Å². The Morgan fingerprint density at radius 3 is 3.00 bits per heavy atom. The smallest absolute Gasteiger partial charge is 0.252 e. The molecule has 0 spiro atoms. The summed E-state index contributed by atoms with van der Waals surface area (Å²) in [5.74, 6) is -0.504. The van der Waals surface area contributed by atoms with Crippen LogP contribution in [0.25, 0.3) is 17.3 Å². The molecule has 0 radical (unpaired) electrons. The lowest BCUT2D eigenvalue weighted by atomic mass is 10.1. The lowest BCUT2D eigenvalue weighted by molar-refractivity contribution is 0.1000. The van der Waals surface area contributed by atoms with Gasteiger partial charge in [0, 0.05) is 24.5 Å². The number of allylic oxidation sites excluding steroid dienone is 1. The van der Waals surface area contributed by atoms with E-state index in [0.29, 0.717) is 10.6 Å². The Hall–Kier alpha value is -2.07. The molecule has 2 aromatic heterocycles. The first-order valence-corrected chi connectivity index (χ1v) is 6.36. The molecule has 4 nitrogen and oxygen atoms in total. The third-order valence-electron chi connectivity index (χ3n) is 3.22. The summed E-state index contributed by atoms with van der Waals surface area (Å²) in [7, 11) is 0. The zero-order valence-electron chi connectivity index (χ0n) is 10.1. The number of halogens is 1. The Bertz CT molecular complexity index is 674. The van der Waals surface area contributed by atoms with Crippen molar-refractivity contribution in [3.63, 3.8) is 0 Å². The zero-order valence-corrected chi connectivity index (χ0v) is 10.9. The molecule has 0 bridgehead atoms. The second kappa shape index (κ2) is 4.55. The molecule has 0 unspecified atom stereocenters. The van der Waals surface area contributed by atoms with Crippen molar-refractivity contribution >= 4 is 23.6 Å². The number of hydrogen-bond donors (Lipinski definition) is 1. The van der Waals surface area contributed by atoms with Crippen LogP contribution in [0.4, 0.5) is 0 Å². The lowest BCUT2D eigenvalue weighted by Gasteiger charge is -2.14. The van der Waals surface area contributed by atoms with E-state index in [4.69, 9.17) is 17.3 Å². The van der Waals surface area contributed by atoms with Crippen LogP contribution >= 0.6 is 11.6 Å². The topological polar surface area (TPSA) is 60.9 Å². The summed E-state index contributed by atoms with van der Waals surface area (Å²) in [5.41, 5.74) is 8.30. The average molecular weight is 274 g/mol. The van der Waals surface area contributed by atoms with Gasteiger partial charge < -0.3 is 10.3 Å².